The molecule has 1 heterocycles. The number of aryl methyl sites for hydroxylation is 1. The first-order chi connectivity index (χ1) is 21.0. The number of imide groups is 1. The van der Waals surface area contributed by atoms with Crippen LogP contribution in [0.3, 0.4) is 0 Å². The third kappa shape index (κ3) is 7.29. The van der Waals surface area contributed by atoms with E-state index < -0.39 is 24.1 Å². The van der Waals surface area contributed by atoms with Crippen LogP contribution in [0, 0.1) is 6.92 Å². The van der Waals surface area contributed by atoms with E-state index in [1.54, 1.807) is 18.2 Å². The van der Waals surface area contributed by atoms with Crippen LogP contribution in [-0.2, 0) is 14.4 Å². The summed E-state index contributed by atoms with van der Waals surface area (Å²) in [7, 11) is 0. The van der Waals surface area contributed by atoms with Crippen molar-refractivity contribution >= 4 is 29.0 Å². The second-order valence-corrected chi connectivity index (χ2v) is 10.6. The normalized spacial score (nSPS) is 16.8. The van der Waals surface area contributed by atoms with E-state index in [0.717, 1.165) is 34.6 Å². The summed E-state index contributed by atoms with van der Waals surface area (Å²) in [5.41, 5.74) is 6.41. The number of amides is 2. The molecule has 0 bridgehead atoms. The lowest BCUT2D eigenvalue weighted by Gasteiger charge is -2.22. The summed E-state index contributed by atoms with van der Waals surface area (Å²) >= 11 is 0. The summed E-state index contributed by atoms with van der Waals surface area (Å²) < 4.78 is 5.73. The van der Waals surface area contributed by atoms with E-state index in [4.69, 9.17) is 14.7 Å². The zero-order valence-electron chi connectivity index (χ0n) is 25.5. The van der Waals surface area contributed by atoms with Gasteiger partial charge in [-0.15, -0.1) is 0 Å². The Labute approximate surface area is 256 Å². The summed E-state index contributed by atoms with van der Waals surface area (Å²) in [6.45, 7) is 9.37. The van der Waals surface area contributed by atoms with Gasteiger partial charge in [0.05, 0.1) is 23.8 Å². The maximum absolute atomic E-state index is 12.6. The number of hydroxylamine groups is 2. The SMILES string of the molecule is CCNC1=CC/C(=C(\c2cc(C)c(NCC)cc2[OH2+])c2ccc(OCCC(O)ON3C(=O)CCC3=O)cc2C(=O)O)C=C1C. The van der Waals surface area contributed by atoms with E-state index in [1.807, 2.05) is 39.8 Å². The van der Waals surface area contributed by atoms with Crippen LogP contribution in [-0.4, -0.2) is 64.2 Å². The van der Waals surface area contributed by atoms with Gasteiger partial charge in [-0.25, -0.2) is 9.63 Å². The zero-order valence-corrected chi connectivity index (χ0v) is 25.5. The number of aliphatic hydroxyl groups is 1. The molecule has 11 nitrogen and oxygen atoms in total. The Bertz CT molecular complexity index is 1530. The molecule has 2 aliphatic rings. The molecule has 1 fully saturated rings. The molecule has 234 valence electrons. The lowest BCUT2D eigenvalue weighted by Crippen LogP contribution is -2.34. The highest BCUT2D eigenvalue weighted by Gasteiger charge is 2.32. The molecule has 44 heavy (non-hydrogen) atoms. The monoisotopic (exact) mass is 606 g/mol. The fraction of sp³-hybridized carbons (Fsp3) is 0.364. The Morgan fingerprint density at radius 2 is 1.73 bits per heavy atom. The zero-order chi connectivity index (χ0) is 32.0. The number of anilines is 1. The lowest BCUT2D eigenvalue weighted by atomic mass is 9.85. The van der Waals surface area contributed by atoms with Crippen molar-refractivity contribution in [2.45, 2.75) is 59.7 Å². The molecule has 0 spiro atoms. The molecule has 0 aromatic heterocycles. The average Bonchev–Trinajstić information content (AvgIpc) is 3.29. The van der Waals surface area contributed by atoms with Gasteiger partial charge < -0.3 is 30.7 Å². The molecule has 2 aromatic rings. The molecule has 4 rings (SSSR count). The molecule has 0 radical (unpaired) electrons. The van der Waals surface area contributed by atoms with Gasteiger partial charge >= 0.3 is 5.97 Å². The topological polar surface area (TPSA) is 160 Å². The van der Waals surface area contributed by atoms with Gasteiger partial charge in [-0.05, 0) is 80.7 Å². The number of ether oxygens (including phenoxy) is 1. The number of rotatable bonds is 13. The molecule has 1 unspecified atom stereocenters. The number of likely N-dealkylation sites (N-methyl/N-ethyl adjacent to an activating group) is 1. The highest BCUT2D eigenvalue weighted by atomic mass is 16.8. The van der Waals surface area contributed by atoms with Crippen LogP contribution in [0.25, 0.3) is 5.57 Å². The van der Waals surface area contributed by atoms with Crippen molar-refractivity contribution in [1.29, 1.82) is 0 Å². The highest BCUT2D eigenvalue weighted by Crippen LogP contribution is 2.41. The Hall–Kier alpha value is -4.61. The van der Waals surface area contributed by atoms with Crippen molar-refractivity contribution in [3.8, 4) is 11.5 Å². The number of aliphatic hydroxyl groups excluding tert-OH is 1. The number of hydrogen-bond acceptors (Lipinski definition) is 8. The summed E-state index contributed by atoms with van der Waals surface area (Å²) in [6.07, 6.45) is 3.20. The van der Waals surface area contributed by atoms with Crippen molar-refractivity contribution in [2.24, 2.45) is 0 Å². The van der Waals surface area contributed by atoms with Crippen molar-refractivity contribution in [3.63, 3.8) is 0 Å². The predicted molar refractivity (Wildman–Crippen MR) is 166 cm³/mol. The Balaban J connectivity index is 1.68. The molecule has 6 N–H and O–H groups in total. The first kappa shape index (κ1) is 32.3. The number of nitrogens with zero attached hydrogens (tertiary/aromatic N) is 1. The van der Waals surface area contributed by atoms with Gasteiger partial charge in [0.2, 0.25) is 0 Å². The third-order valence-electron chi connectivity index (χ3n) is 7.39. The van der Waals surface area contributed by atoms with Crippen molar-refractivity contribution in [2.75, 3.05) is 25.0 Å². The van der Waals surface area contributed by atoms with Crippen LogP contribution in [0.1, 0.15) is 73.5 Å². The van der Waals surface area contributed by atoms with Crippen LogP contribution < -0.4 is 15.4 Å². The van der Waals surface area contributed by atoms with Crippen LogP contribution in [0.4, 0.5) is 5.69 Å². The number of allylic oxidation sites excluding steroid dienone is 4. The number of carbonyl (C=O) groups is 3. The summed E-state index contributed by atoms with van der Waals surface area (Å²) in [5.74, 6) is -1.67. The quantitative estimate of drug-likeness (QED) is 0.147. The summed E-state index contributed by atoms with van der Waals surface area (Å²) in [4.78, 5) is 41.1. The van der Waals surface area contributed by atoms with Crippen LogP contribution in [0.2, 0.25) is 0 Å². The Morgan fingerprint density at radius 3 is 2.36 bits per heavy atom. The van der Waals surface area contributed by atoms with Gasteiger partial charge in [0, 0.05) is 49.3 Å². The van der Waals surface area contributed by atoms with Gasteiger partial charge in [0.15, 0.2) is 6.29 Å². The van der Waals surface area contributed by atoms with E-state index >= 15 is 0 Å². The number of carboxylic acids is 1. The molecule has 11 heteroatoms. The molecule has 2 aromatic carbocycles. The van der Waals surface area contributed by atoms with E-state index in [1.165, 1.54) is 6.07 Å². The number of carbonyl (C=O) groups excluding carboxylic acids is 2. The standard InChI is InChI=1S/C33H39N3O8/c1-5-34-26-10-7-21(15-19(26)3)32(25-16-20(4)27(35-6-2)18-28(25)37)23-9-8-22(17-24(23)33(41)42)43-14-13-31(40)44-36-29(38)11-12-30(36)39/h8-10,15-18,31,34-35,37,40H,5-7,11-14H2,1-4H3,(H,41,42)/p+1/b32-21+. The van der Waals surface area contributed by atoms with E-state index in [0.29, 0.717) is 34.7 Å². The van der Waals surface area contributed by atoms with E-state index in [9.17, 15) is 24.6 Å². The van der Waals surface area contributed by atoms with Gasteiger partial charge in [0.1, 0.15) is 5.75 Å². The maximum Gasteiger partial charge on any atom is 0.336 e. The number of benzene rings is 2. The maximum atomic E-state index is 12.6. The van der Waals surface area contributed by atoms with Gasteiger partial charge in [0.25, 0.3) is 17.6 Å². The van der Waals surface area contributed by atoms with Crippen LogP contribution in [0.5, 0.6) is 11.5 Å². The van der Waals surface area contributed by atoms with Gasteiger partial charge in [-0.2, -0.15) is 5.06 Å². The molecule has 2 amide bonds. The second-order valence-electron chi connectivity index (χ2n) is 10.6. The van der Waals surface area contributed by atoms with Gasteiger partial charge in [-0.1, -0.05) is 12.2 Å². The fourth-order valence-electron chi connectivity index (χ4n) is 5.27. The molecule has 1 atom stereocenters. The predicted octanol–water partition coefficient (Wildman–Crippen LogP) is 4.38. The highest BCUT2D eigenvalue weighted by molar-refractivity contribution is 6.01. The first-order valence-electron chi connectivity index (χ1n) is 14.7. The van der Waals surface area contributed by atoms with Crippen molar-refractivity contribution < 1.29 is 39.3 Å². The summed E-state index contributed by atoms with van der Waals surface area (Å²) in [5, 5.41) is 36.6. The summed E-state index contributed by atoms with van der Waals surface area (Å²) in [6, 6.07) is 8.42. The number of hydrogen-bond donors (Lipinski definition) is 4. The molecular formula is C33H40N3O8+. The van der Waals surface area contributed by atoms with Crippen molar-refractivity contribution in [1.82, 2.24) is 10.4 Å². The largest absolute Gasteiger partial charge is 0.593 e. The Kier molecular flexibility index (Phi) is 10.5. The molecular weight excluding hydrogens is 566 g/mol. The van der Waals surface area contributed by atoms with Crippen molar-refractivity contribution in [3.05, 3.63) is 81.6 Å². The second kappa shape index (κ2) is 14.2. The molecule has 0 saturated carbocycles. The third-order valence-corrected chi connectivity index (χ3v) is 7.39. The number of carboxylic acid groups (broad SMARTS) is 1. The lowest BCUT2D eigenvalue weighted by molar-refractivity contribution is -0.246. The minimum absolute atomic E-state index is 0.00427. The molecule has 1 aliphatic heterocycles. The number of nitrogens with one attached hydrogen (secondary N) is 2. The first-order valence-corrected chi connectivity index (χ1v) is 14.7. The molecule has 1 saturated heterocycles. The van der Waals surface area contributed by atoms with Crippen LogP contribution in [0.15, 0.2) is 59.3 Å². The molecule has 1 aliphatic carbocycles. The minimum atomic E-state index is -1.46. The average molecular weight is 607 g/mol. The van der Waals surface area contributed by atoms with E-state index in [2.05, 4.69) is 16.7 Å². The van der Waals surface area contributed by atoms with Crippen LogP contribution >= 0.6 is 0 Å². The fourth-order valence-corrected chi connectivity index (χ4v) is 5.27. The van der Waals surface area contributed by atoms with Gasteiger partial charge in [-0.3, -0.25) is 9.59 Å². The Morgan fingerprint density at radius 1 is 1.02 bits per heavy atom. The van der Waals surface area contributed by atoms with E-state index in [-0.39, 0.29) is 42.9 Å². The smallest absolute Gasteiger partial charge is 0.336 e. The number of aromatic carboxylic acids is 1. The minimum Gasteiger partial charge on any atom is -0.593 e.